The number of H-pyrrole nitrogens is 1. The number of anilines is 1. The van der Waals surface area contributed by atoms with Gasteiger partial charge in [-0.2, -0.15) is 5.10 Å². The average molecular weight is 389 g/mol. The van der Waals surface area contributed by atoms with Gasteiger partial charge in [0.15, 0.2) is 5.82 Å². The van der Waals surface area contributed by atoms with E-state index >= 15 is 0 Å². The van der Waals surface area contributed by atoms with E-state index in [0.717, 1.165) is 25.0 Å². The van der Waals surface area contributed by atoms with E-state index in [2.05, 4.69) is 20.5 Å². The Morgan fingerprint density at radius 2 is 2.21 bits per heavy atom. The Labute approximate surface area is 163 Å². The molecule has 9 heteroatoms. The van der Waals surface area contributed by atoms with Crippen LogP contribution in [0.4, 0.5) is 10.6 Å². The van der Waals surface area contributed by atoms with Gasteiger partial charge < -0.3 is 19.4 Å². The molecule has 0 aliphatic heterocycles. The van der Waals surface area contributed by atoms with E-state index in [0.29, 0.717) is 17.5 Å². The van der Waals surface area contributed by atoms with Gasteiger partial charge in [0.05, 0.1) is 6.20 Å². The topological polar surface area (TPSA) is 113 Å². The summed E-state index contributed by atoms with van der Waals surface area (Å²) in [4.78, 5) is 29.8. The molecule has 0 radical (unpaired) electrons. The van der Waals surface area contributed by atoms with Crippen LogP contribution in [0.3, 0.4) is 0 Å². The van der Waals surface area contributed by atoms with Crippen LogP contribution in [-0.4, -0.2) is 51.3 Å². The third-order valence-corrected chi connectivity index (χ3v) is 5.00. The van der Waals surface area contributed by atoms with Gasteiger partial charge in [-0.25, -0.2) is 9.78 Å². The van der Waals surface area contributed by atoms with Crippen molar-refractivity contribution in [2.75, 3.05) is 12.4 Å². The number of amides is 2. The molecule has 1 fully saturated rings. The van der Waals surface area contributed by atoms with E-state index < -0.39 is 0 Å². The fourth-order valence-corrected chi connectivity index (χ4v) is 3.18. The zero-order valence-electron chi connectivity index (χ0n) is 16.7. The third-order valence-electron chi connectivity index (χ3n) is 5.00. The summed E-state index contributed by atoms with van der Waals surface area (Å²) >= 11 is 0. The first kappa shape index (κ1) is 19.9. The molecule has 2 amide bonds. The molecule has 0 aromatic carbocycles. The number of nitrogens with zero attached hydrogens (tertiary/aromatic N) is 3. The molecule has 2 aromatic rings. The van der Waals surface area contributed by atoms with Gasteiger partial charge in [0.25, 0.3) is 0 Å². The van der Waals surface area contributed by atoms with Gasteiger partial charge in [0.2, 0.25) is 11.8 Å². The van der Waals surface area contributed by atoms with Crippen LogP contribution < -0.4 is 5.32 Å². The number of carbonyl (C=O) groups is 2. The molecule has 28 heavy (non-hydrogen) atoms. The van der Waals surface area contributed by atoms with E-state index in [1.54, 1.807) is 25.1 Å². The molecular formula is C19H27N5O4. The summed E-state index contributed by atoms with van der Waals surface area (Å²) < 4.78 is 10.9. The summed E-state index contributed by atoms with van der Waals surface area (Å²) in [7, 11) is 1.74. The van der Waals surface area contributed by atoms with Crippen molar-refractivity contribution in [3.8, 4) is 0 Å². The van der Waals surface area contributed by atoms with Gasteiger partial charge in [0, 0.05) is 30.8 Å². The van der Waals surface area contributed by atoms with Gasteiger partial charge in [-0.15, -0.1) is 0 Å². The van der Waals surface area contributed by atoms with Gasteiger partial charge >= 0.3 is 6.09 Å². The molecule has 1 aliphatic rings. The van der Waals surface area contributed by atoms with Crippen molar-refractivity contribution < 1.29 is 18.7 Å². The lowest BCUT2D eigenvalue weighted by atomic mass is 10.0. The van der Waals surface area contributed by atoms with Crippen molar-refractivity contribution in [1.82, 2.24) is 20.1 Å². The largest absolute Gasteiger partial charge is 0.446 e. The SMILES string of the molecule is Cc1cnc(CC(=O)Nc2cc(C3CCC(OC(=O)N(C)C(C)C)C3)[nH]n2)o1. The number of oxazole rings is 1. The molecule has 2 atom stereocenters. The molecule has 0 spiro atoms. The highest BCUT2D eigenvalue weighted by Gasteiger charge is 2.31. The van der Waals surface area contributed by atoms with Crippen LogP contribution in [0.25, 0.3) is 0 Å². The fraction of sp³-hybridized carbons (Fsp3) is 0.579. The molecule has 2 aromatic heterocycles. The smallest absolute Gasteiger partial charge is 0.410 e. The first-order valence-corrected chi connectivity index (χ1v) is 9.51. The lowest BCUT2D eigenvalue weighted by Crippen LogP contribution is -2.35. The van der Waals surface area contributed by atoms with Crippen LogP contribution in [-0.2, 0) is 16.0 Å². The van der Waals surface area contributed by atoms with Crippen molar-refractivity contribution >= 4 is 17.8 Å². The summed E-state index contributed by atoms with van der Waals surface area (Å²) in [5.41, 5.74) is 0.929. The van der Waals surface area contributed by atoms with Crippen molar-refractivity contribution in [3.05, 3.63) is 29.6 Å². The van der Waals surface area contributed by atoms with Gasteiger partial charge in [-0.3, -0.25) is 9.89 Å². The maximum absolute atomic E-state index is 12.1. The molecule has 2 heterocycles. The second-order valence-corrected chi connectivity index (χ2v) is 7.52. The zero-order valence-corrected chi connectivity index (χ0v) is 16.7. The third kappa shape index (κ3) is 4.90. The Morgan fingerprint density at radius 1 is 1.43 bits per heavy atom. The van der Waals surface area contributed by atoms with E-state index in [-0.39, 0.29) is 36.5 Å². The van der Waals surface area contributed by atoms with Crippen molar-refractivity contribution in [2.24, 2.45) is 0 Å². The summed E-state index contributed by atoms with van der Waals surface area (Å²) in [5, 5.41) is 9.88. The number of ether oxygens (including phenoxy) is 1. The van der Waals surface area contributed by atoms with E-state index in [4.69, 9.17) is 9.15 Å². The van der Waals surface area contributed by atoms with E-state index in [1.807, 2.05) is 19.9 Å². The lowest BCUT2D eigenvalue weighted by molar-refractivity contribution is -0.115. The molecule has 3 rings (SSSR count). The van der Waals surface area contributed by atoms with Crippen molar-refractivity contribution in [3.63, 3.8) is 0 Å². The zero-order chi connectivity index (χ0) is 20.3. The predicted octanol–water partition coefficient (Wildman–Crippen LogP) is 3.00. The highest BCUT2D eigenvalue weighted by Crippen LogP contribution is 2.36. The number of aromatic amines is 1. The maximum Gasteiger partial charge on any atom is 0.410 e. The molecule has 1 saturated carbocycles. The van der Waals surface area contributed by atoms with Crippen LogP contribution in [0.1, 0.15) is 56.4 Å². The summed E-state index contributed by atoms with van der Waals surface area (Å²) in [6.07, 6.45) is 3.69. The predicted molar refractivity (Wildman–Crippen MR) is 102 cm³/mol. The summed E-state index contributed by atoms with van der Waals surface area (Å²) in [5.74, 6) is 1.48. The quantitative estimate of drug-likeness (QED) is 0.785. The Hall–Kier alpha value is -2.84. The Kier molecular flexibility index (Phi) is 6.01. The normalized spacial score (nSPS) is 19.0. The van der Waals surface area contributed by atoms with Gasteiger partial charge in [-0.1, -0.05) is 0 Å². The van der Waals surface area contributed by atoms with Crippen molar-refractivity contribution in [1.29, 1.82) is 0 Å². The minimum atomic E-state index is -0.292. The minimum Gasteiger partial charge on any atom is -0.446 e. The van der Waals surface area contributed by atoms with Crippen LogP contribution >= 0.6 is 0 Å². The van der Waals surface area contributed by atoms with Gasteiger partial charge in [-0.05, 0) is 40.0 Å². The Balaban J connectivity index is 1.50. The Bertz CT molecular complexity index is 828. The van der Waals surface area contributed by atoms with Gasteiger partial charge in [0.1, 0.15) is 18.3 Å². The van der Waals surface area contributed by atoms with E-state index in [9.17, 15) is 9.59 Å². The number of hydrogen-bond acceptors (Lipinski definition) is 6. The number of aromatic nitrogens is 3. The van der Waals surface area contributed by atoms with Crippen molar-refractivity contribution in [2.45, 2.75) is 64.5 Å². The molecule has 2 N–H and O–H groups in total. The lowest BCUT2D eigenvalue weighted by Gasteiger charge is -2.23. The first-order valence-electron chi connectivity index (χ1n) is 9.51. The second-order valence-electron chi connectivity index (χ2n) is 7.52. The standard InChI is InChI=1S/C19H27N5O4/c1-11(2)24(4)19(26)28-14-6-5-13(7-14)15-8-16(23-22-15)21-17(25)9-18-20-10-12(3)27-18/h8,10-11,13-14H,5-7,9H2,1-4H3,(H2,21,22,23,25). The molecule has 0 saturated heterocycles. The monoisotopic (exact) mass is 389 g/mol. The maximum atomic E-state index is 12.1. The number of nitrogens with one attached hydrogen (secondary N) is 2. The molecule has 9 nitrogen and oxygen atoms in total. The van der Waals surface area contributed by atoms with Crippen LogP contribution in [0, 0.1) is 6.92 Å². The number of hydrogen-bond donors (Lipinski definition) is 2. The summed E-state index contributed by atoms with van der Waals surface area (Å²) in [6.45, 7) is 5.67. The fourth-order valence-electron chi connectivity index (χ4n) is 3.18. The van der Waals surface area contributed by atoms with E-state index in [1.165, 1.54) is 0 Å². The minimum absolute atomic E-state index is 0.0564. The molecule has 1 aliphatic carbocycles. The van der Waals surface area contributed by atoms with Crippen LogP contribution in [0.2, 0.25) is 0 Å². The highest BCUT2D eigenvalue weighted by atomic mass is 16.6. The molecule has 0 bridgehead atoms. The second kappa shape index (κ2) is 8.45. The molecular weight excluding hydrogens is 362 g/mol. The average Bonchev–Trinajstić information content (AvgIpc) is 3.36. The molecule has 152 valence electrons. The van der Waals surface area contributed by atoms with Crippen LogP contribution in [0.15, 0.2) is 16.7 Å². The number of rotatable bonds is 6. The Morgan fingerprint density at radius 3 is 2.89 bits per heavy atom. The number of carbonyl (C=O) groups excluding carboxylic acids is 2. The van der Waals surface area contributed by atoms with Crippen LogP contribution in [0.5, 0.6) is 0 Å². The first-order chi connectivity index (χ1) is 13.3. The highest BCUT2D eigenvalue weighted by molar-refractivity contribution is 5.90. The summed E-state index contributed by atoms with van der Waals surface area (Å²) in [6, 6.07) is 1.93. The molecule has 2 unspecified atom stereocenters. The number of aryl methyl sites for hydroxylation is 1.